The first-order valence-electron chi connectivity index (χ1n) is 10.3. The molecule has 0 bridgehead atoms. The van der Waals surface area contributed by atoms with E-state index in [1.165, 1.54) is 6.07 Å². The molecular weight excluding hydrogens is 371 g/mol. The number of fused-ring (bicyclic) bond motifs is 2. The Morgan fingerprint density at radius 1 is 1.24 bits per heavy atom. The lowest BCUT2D eigenvalue weighted by Gasteiger charge is -2.33. The van der Waals surface area contributed by atoms with Crippen molar-refractivity contribution in [3.8, 4) is 0 Å². The van der Waals surface area contributed by atoms with Gasteiger partial charge < -0.3 is 15.2 Å². The third-order valence-electron chi connectivity index (χ3n) is 6.18. The third kappa shape index (κ3) is 3.36. The summed E-state index contributed by atoms with van der Waals surface area (Å²) in [5.41, 5.74) is 2.11. The molecule has 152 valence electrons. The van der Waals surface area contributed by atoms with Crippen molar-refractivity contribution in [3.05, 3.63) is 47.4 Å². The van der Waals surface area contributed by atoms with E-state index < -0.39 is 0 Å². The molecule has 2 aliphatic rings. The number of nitrogens with zero attached hydrogens (tertiary/aromatic N) is 4. The SMILES string of the molecule is Cc1nc2n(n1)CCCC2NC(=O)N1CCC(c2c[nH]c3ccc(F)cc23)CC1. The maximum absolute atomic E-state index is 13.7. The molecule has 0 aliphatic carbocycles. The van der Waals surface area contributed by atoms with Crippen LogP contribution in [0.3, 0.4) is 0 Å². The number of piperidine rings is 1. The van der Waals surface area contributed by atoms with Crippen LogP contribution >= 0.6 is 0 Å². The standard InChI is InChI=1S/C21H25FN6O/c1-13-24-20-19(3-2-8-28(20)26-13)25-21(29)27-9-6-14(7-10-27)17-12-23-18-5-4-15(22)11-16(17)18/h4-5,11-12,14,19,23H,2-3,6-10H2,1H3,(H,25,29). The fourth-order valence-electron chi connectivity index (χ4n) is 4.69. The molecule has 2 amide bonds. The van der Waals surface area contributed by atoms with E-state index in [0.717, 1.165) is 60.3 Å². The minimum atomic E-state index is -0.217. The van der Waals surface area contributed by atoms with Crippen LogP contribution < -0.4 is 5.32 Å². The van der Waals surface area contributed by atoms with Gasteiger partial charge in [-0.2, -0.15) is 5.10 Å². The van der Waals surface area contributed by atoms with Crippen molar-refractivity contribution in [1.29, 1.82) is 0 Å². The summed E-state index contributed by atoms with van der Waals surface area (Å²) < 4.78 is 15.6. The fraction of sp³-hybridized carbons (Fsp3) is 0.476. The van der Waals surface area contributed by atoms with Gasteiger partial charge in [-0.1, -0.05) is 0 Å². The molecule has 3 aromatic rings. The Hall–Kier alpha value is -2.90. The molecule has 2 aromatic heterocycles. The second-order valence-corrected chi connectivity index (χ2v) is 8.08. The molecular formula is C21H25FN6O. The summed E-state index contributed by atoms with van der Waals surface area (Å²) in [6, 6.07) is 4.74. The summed E-state index contributed by atoms with van der Waals surface area (Å²) in [5.74, 6) is 1.72. The molecule has 0 spiro atoms. The van der Waals surface area contributed by atoms with Gasteiger partial charge in [-0.15, -0.1) is 0 Å². The molecule has 1 fully saturated rings. The Labute approximate surface area is 168 Å². The van der Waals surface area contributed by atoms with E-state index in [4.69, 9.17) is 0 Å². The highest BCUT2D eigenvalue weighted by molar-refractivity contribution is 5.84. The van der Waals surface area contributed by atoms with Gasteiger partial charge in [0.2, 0.25) is 0 Å². The number of carbonyl (C=O) groups is 1. The van der Waals surface area contributed by atoms with Crippen molar-refractivity contribution in [2.75, 3.05) is 13.1 Å². The first-order chi connectivity index (χ1) is 14.1. The highest BCUT2D eigenvalue weighted by Crippen LogP contribution is 2.33. The van der Waals surface area contributed by atoms with Crippen LogP contribution in [-0.2, 0) is 6.54 Å². The number of hydrogen-bond acceptors (Lipinski definition) is 3. The van der Waals surface area contributed by atoms with Gasteiger partial charge in [-0.25, -0.2) is 18.9 Å². The maximum atomic E-state index is 13.7. The van der Waals surface area contributed by atoms with E-state index in [2.05, 4.69) is 20.4 Å². The van der Waals surface area contributed by atoms with Crippen LogP contribution in [0.25, 0.3) is 10.9 Å². The number of benzene rings is 1. The lowest BCUT2D eigenvalue weighted by molar-refractivity contribution is 0.174. The Bertz CT molecular complexity index is 1050. The van der Waals surface area contributed by atoms with Gasteiger partial charge in [-0.3, -0.25) is 0 Å². The van der Waals surface area contributed by atoms with Crippen molar-refractivity contribution in [3.63, 3.8) is 0 Å². The number of halogens is 1. The van der Waals surface area contributed by atoms with E-state index in [9.17, 15) is 9.18 Å². The number of H-pyrrole nitrogens is 1. The highest BCUT2D eigenvalue weighted by atomic mass is 19.1. The van der Waals surface area contributed by atoms with Crippen molar-refractivity contribution in [2.24, 2.45) is 0 Å². The molecule has 1 atom stereocenters. The molecule has 2 N–H and O–H groups in total. The Morgan fingerprint density at radius 2 is 2.07 bits per heavy atom. The van der Waals surface area contributed by atoms with Gasteiger partial charge in [0.15, 0.2) is 0 Å². The zero-order chi connectivity index (χ0) is 20.0. The summed E-state index contributed by atoms with van der Waals surface area (Å²) in [5, 5.41) is 8.50. The molecule has 8 heteroatoms. The van der Waals surface area contributed by atoms with Gasteiger partial charge in [0, 0.05) is 36.7 Å². The molecule has 1 unspecified atom stereocenters. The first-order valence-corrected chi connectivity index (χ1v) is 10.3. The summed E-state index contributed by atoms with van der Waals surface area (Å²) in [6.07, 6.45) is 5.61. The topological polar surface area (TPSA) is 78.8 Å². The molecule has 4 heterocycles. The monoisotopic (exact) mass is 396 g/mol. The molecule has 1 saturated heterocycles. The van der Waals surface area contributed by atoms with Crippen LogP contribution in [0.1, 0.15) is 54.9 Å². The van der Waals surface area contributed by atoms with E-state index in [1.54, 1.807) is 12.1 Å². The quantitative estimate of drug-likeness (QED) is 0.694. The first kappa shape index (κ1) is 18.1. The molecule has 2 aliphatic heterocycles. The third-order valence-corrected chi connectivity index (χ3v) is 6.18. The summed E-state index contributed by atoms with van der Waals surface area (Å²) in [6.45, 7) is 4.12. The van der Waals surface area contributed by atoms with Gasteiger partial charge in [0.1, 0.15) is 17.5 Å². The summed E-state index contributed by atoms with van der Waals surface area (Å²) in [7, 11) is 0. The number of nitrogens with one attached hydrogen (secondary N) is 2. The number of aromatic amines is 1. The predicted octanol–water partition coefficient (Wildman–Crippen LogP) is 3.63. The van der Waals surface area contributed by atoms with Gasteiger partial charge in [-0.05, 0) is 62.3 Å². The number of amides is 2. The van der Waals surface area contributed by atoms with Gasteiger partial charge in [0.25, 0.3) is 0 Å². The van der Waals surface area contributed by atoms with E-state index >= 15 is 0 Å². The van der Waals surface area contributed by atoms with Crippen LogP contribution in [0.5, 0.6) is 0 Å². The van der Waals surface area contributed by atoms with Gasteiger partial charge in [0.05, 0.1) is 6.04 Å². The predicted molar refractivity (Wildman–Crippen MR) is 107 cm³/mol. The lowest BCUT2D eigenvalue weighted by Crippen LogP contribution is -2.46. The number of aryl methyl sites for hydroxylation is 2. The van der Waals surface area contributed by atoms with E-state index in [1.807, 2.05) is 22.7 Å². The van der Waals surface area contributed by atoms with Crippen LogP contribution in [0, 0.1) is 12.7 Å². The normalized spacial score (nSPS) is 20.1. The number of rotatable bonds is 2. The zero-order valence-corrected chi connectivity index (χ0v) is 16.5. The van der Waals surface area contributed by atoms with Crippen molar-refractivity contribution >= 4 is 16.9 Å². The molecule has 0 radical (unpaired) electrons. The number of hydrogen-bond donors (Lipinski definition) is 2. The molecule has 29 heavy (non-hydrogen) atoms. The molecule has 7 nitrogen and oxygen atoms in total. The lowest BCUT2D eigenvalue weighted by atomic mass is 9.89. The number of aromatic nitrogens is 4. The second-order valence-electron chi connectivity index (χ2n) is 8.08. The van der Waals surface area contributed by atoms with Crippen LogP contribution in [-0.4, -0.2) is 43.8 Å². The average molecular weight is 396 g/mol. The Morgan fingerprint density at radius 3 is 2.90 bits per heavy atom. The molecule has 5 rings (SSSR count). The van der Waals surface area contributed by atoms with Crippen LogP contribution in [0.2, 0.25) is 0 Å². The number of urea groups is 1. The maximum Gasteiger partial charge on any atom is 0.317 e. The largest absolute Gasteiger partial charge is 0.361 e. The zero-order valence-electron chi connectivity index (χ0n) is 16.5. The second kappa shape index (κ2) is 7.17. The number of likely N-dealkylation sites (tertiary alicyclic amines) is 1. The minimum Gasteiger partial charge on any atom is -0.361 e. The van der Waals surface area contributed by atoms with E-state index in [0.29, 0.717) is 19.0 Å². The fourth-order valence-corrected chi connectivity index (χ4v) is 4.69. The van der Waals surface area contributed by atoms with Gasteiger partial charge >= 0.3 is 6.03 Å². The number of carbonyl (C=O) groups excluding carboxylic acids is 1. The minimum absolute atomic E-state index is 0.0347. The van der Waals surface area contributed by atoms with Crippen LogP contribution in [0.15, 0.2) is 24.4 Å². The molecule has 1 aromatic carbocycles. The van der Waals surface area contributed by atoms with Crippen LogP contribution in [0.4, 0.5) is 9.18 Å². The van der Waals surface area contributed by atoms with Crippen molar-refractivity contribution in [1.82, 2.24) is 30.0 Å². The Balaban J connectivity index is 1.24. The van der Waals surface area contributed by atoms with E-state index in [-0.39, 0.29) is 17.9 Å². The van der Waals surface area contributed by atoms with Crippen molar-refractivity contribution in [2.45, 2.75) is 51.1 Å². The Kier molecular flexibility index (Phi) is 4.49. The average Bonchev–Trinajstić information content (AvgIpc) is 3.31. The smallest absolute Gasteiger partial charge is 0.317 e. The molecule has 0 saturated carbocycles. The summed E-state index contributed by atoms with van der Waals surface area (Å²) in [4.78, 5) is 22.5. The summed E-state index contributed by atoms with van der Waals surface area (Å²) >= 11 is 0. The highest BCUT2D eigenvalue weighted by Gasteiger charge is 2.29. The van der Waals surface area contributed by atoms with Crippen molar-refractivity contribution < 1.29 is 9.18 Å².